The first-order valence-corrected chi connectivity index (χ1v) is 8.32. The van der Waals surface area contributed by atoms with E-state index in [4.69, 9.17) is 10.2 Å². The average molecular weight is 357 g/mol. The fourth-order valence-electron chi connectivity index (χ4n) is 3.16. The van der Waals surface area contributed by atoms with Crippen LogP contribution < -0.4 is 0 Å². The van der Waals surface area contributed by atoms with Gasteiger partial charge in [-0.05, 0) is 43.2 Å². The third-order valence-corrected chi connectivity index (χ3v) is 4.46. The summed E-state index contributed by atoms with van der Waals surface area (Å²) in [6.07, 6.45) is 3.34. The Bertz CT molecular complexity index is 828. The van der Waals surface area contributed by atoms with Gasteiger partial charge in [0.1, 0.15) is 6.54 Å². The molecule has 1 saturated heterocycles. The molecular weight excluding hydrogens is 338 g/mol. The van der Waals surface area contributed by atoms with E-state index in [9.17, 15) is 14.4 Å². The molecule has 2 heterocycles. The molecule has 1 fully saturated rings. The second-order valence-corrected chi connectivity index (χ2v) is 6.30. The Morgan fingerprint density at radius 2 is 1.77 bits per heavy atom. The zero-order valence-electron chi connectivity index (χ0n) is 14.0. The Kier molecular flexibility index (Phi) is 5.01. The van der Waals surface area contributed by atoms with Crippen molar-refractivity contribution in [3.63, 3.8) is 0 Å². The van der Waals surface area contributed by atoms with Gasteiger partial charge < -0.3 is 15.1 Å². The van der Waals surface area contributed by atoms with Crippen molar-refractivity contribution >= 4 is 17.8 Å². The van der Waals surface area contributed by atoms with Crippen molar-refractivity contribution in [2.45, 2.75) is 25.3 Å². The lowest BCUT2D eigenvalue weighted by molar-refractivity contribution is -0.137. The second kappa shape index (κ2) is 7.38. The summed E-state index contributed by atoms with van der Waals surface area (Å²) >= 11 is 0. The molecule has 1 aliphatic heterocycles. The molecule has 136 valence electrons. The molecule has 0 bridgehead atoms. The Hall–Kier alpha value is -3.16. The number of carboxylic acids is 2. The van der Waals surface area contributed by atoms with Crippen molar-refractivity contribution in [3.05, 3.63) is 53.3 Å². The molecule has 1 aliphatic rings. The smallest absolute Gasteiger partial charge is 0.335 e. The summed E-state index contributed by atoms with van der Waals surface area (Å²) in [6, 6.07) is 7.69. The lowest BCUT2D eigenvalue weighted by atomic mass is 9.94. The van der Waals surface area contributed by atoms with Crippen LogP contribution in [0.3, 0.4) is 0 Å². The highest BCUT2D eigenvalue weighted by Crippen LogP contribution is 2.26. The van der Waals surface area contributed by atoms with Crippen LogP contribution >= 0.6 is 0 Å². The number of piperidine rings is 1. The summed E-state index contributed by atoms with van der Waals surface area (Å²) < 4.78 is 1.38. The molecule has 3 rings (SSSR count). The summed E-state index contributed by atoms with van der Waals surface area (Å²) in [5, 5.41) is 22.1. The maximum atomic E-state index is 12.7. The Morgan fingerprint density at radius 1 is 1.08 bits per heavy atom. The van der Waals surface area contributed by atoms with Crippen LogP contribution in [0, 0.1) is 0 Å². The van der Waals surface area contributed by atoms with E-state index >= 15 is 0 Å². The zero-order valence-corrected chi connectivity index (χ0v) is 14.0. The van der Waals surface area contributed by atoms with Crippen LogP contribution in [0.15, 0.2) is 36.5 Å². The predicted octanol–water partition coefficient (Wildman–Crippen LogP) is 1.69. The fraction of sp³-hybridized carbons (Fsp3) is 0.333. The van der Waals surface area contributed by atoms with Crippen molar-refractivity contribution in [1.29, 1.82) is 0 Å². The van der Waals surface area contributed by atoms with Gasteiger partial charge in [0.05, 0.1) is 11.3 Å². The van der Waals surface area contributed by atoms with Gasteiger partial charge >= 0.3 is 11.9 Å². The molecule has 1 aromatic heterocycles. The number of hydrogen-bond donors (Lipinski definition) is 2. The third kappa shape index (κ3) is 3.90. The number of benzene rings is 1. The first-order chi connectivity index (χ1) is 12.4. The minimum Gasteiger partial charge on any atom is -0.480 e. The molecule has 1 aromatic carbocycles. The van der Waals surface area contributed by atoms with Crippen LogP contribution in [0.1, 0.15) is 45.2 Å². The Balaban J connectivity index is 1.69. The predicted molar refractivity (Wildman–Crippen MR) is 91.1 cm³/mol. The Labute approximate surface area is 149 Å². The molecule has 2 aromatic rings. The largest absolute Gasteiger partial charge is 0.480 e. The number of carbonyl (C=O) groups excluding carboxylic acids is 1. The van der Waals surface area contributed by atoms with Crippen molar-refractivity contribution in [1.82, 2.24) is 14.7 Å². The Morgan fingerprint density at radius 3 is 2.42 bits per heavy atom. The van der Waals surface area contributed by atoms with Crippen LogP contribution in [0.2, 0.25) is 0 Å². The van der Waals surface area contributed by atoms with Gasteiger partial charge in [0.15, 0.2) is 0 Å². The highest BCUT2D eigenvalue weighted by atomic mass is 16.4. The molecule has 0 saturated carbocycles. The standard InChI is InChI=1S/C18H19N3O5/c22-16(23)11-21-9-7-15(19-21)14-2-1-8-20(10-14)17(24)12-3-5-13(6-4-12)18(25)26/h3-7,9,14H,1-2,8,10-11H2,(H,22,23)(H,25,26). The molecule has 0 spiro atoms. The number of nitrogens with zero attached hydrogens (tertiary/aromatic N) is 3. The molecule has 0 radical (unpaired) electrons. The number of aliphatic carboxylic acids is 1. The zero-order chi connectivity index (χ0) is 18.7. The monoisotopic (exact) mass is 357 g/mol. The van der Waals surface area contributed by atoms with Gasteiger partial charge in [-0.1, -0.05) is 0 Å². The number of carboxylic acid groups (broad SMARTS) is 2. The van der Waals surface area contributed by atoms with Crippen LogP contribution in [0.4, 0.5) is 0 Å². The number of hydrogen-bond acceptors (Lipinski definition) is 4. The number of aromatic nitrogens is 2. The quantitative estimate of drug-likeness (QED) is 0.842. The minimum atomic E-state index is -1.03. The molecule has 1 atom stereocenters. The van der Waals surface area contributed by atoms with Crippen LogP contribution in [-0.4, -0.2) is 55.8 Å². The lowest BCUT2D eigenvalue weighted by Crippen LogP contribution is -2.39. The maximum absolute atomic E-state index is 12.7. The normalized spacial score (nSPS) is 17.1. The topological polar surface area (TPSA) is 113 Å². The van der Waals surface area contributed by atoms with E-state index in [0.29, 0.717) is 18.7 Å². The lowest BCUT2D eigenvalue weighted by Gasteiger charge is -2.32. The van der Waals surface area contributed by atoms with Crippen molar-refractivity contribution in [2.75, 3.05) is 13.1 Å². The summed E-state index contributed by atoms with van der Waals surface area (Å²) in [7, 11) is 0. The van der Waals surface area contributed by atoms with Gasteiger partial charge in [-0.25, -0.2) is 4.79 Å². The summed E-state index contributed by atoms with van der Waals surface area (Å²) in [6.45, 7) is 0.945. The van der Waals surface area contributed by atoms with E-state index in [1.165, 1.54) is 28.9 Å². The maximum Gasteiger partial charge on any atom is 0.335 e. The van der Waals surface area contributed by atoms with E-state index in [2.05, 4.69) is 5.10 Å². The number of rotatable bonds is 5. The van der Waals surface area contributed by atoms with Crippen LogP contribution in [-0.2, 0) is 11.3 Å². The molecule has 2 N–H and O–H groups in total. The van der Waals surface area contributed by atoms with Gasteiger partial charge in [0, 0.05) is 30.8 Å². The number of carbonyl (C=O) groups is 3. The molecule has 26 heavy (non-hydrogen) atoms. The molecular formula is C18H19N3O5. The summed E-state index contributed by atoms with van der Waals surface area (Å²) in [5.74, 6) is -2.07. The van der Waals surface area contributed by atoms with E-state index < -0.39 is 11.9 Å². The molecule has 1 unspecified atom stereocenters. The van der Waals surface area contributed by atoms with Gasteiger partial charge in [-0.2, -0.15) is 5.10 Å². The fourth-order valence-corrected chi connectivity index (χ4v) is 3.16. The first-order valence-electron chi connectivity index (χ1n) is 8.32. The SMILES string of the molecule is O=C(O)Cn1ccc(C2CCCN(C(=O)c3ccc(C(=O)O)cc3)C2)n1. The highest BCUT2D eigenvalue weighted by molar-refractivity contribution is 5.96. The van der Waals surface area contributed by atoms with E-state index in [-0.39, 0.29) is 23.9 Å². The number of amides is 1. The van der Waals surface area contributed by atoms with Crippen LogP contribution in [0.5, 0.6) is 0 Å². The van der Waals surface area contributed by atoms with E-state index in [0.717, 1.165) is 18.5 Å². The molecule has 8 heteroatoms. The van der Waals surface area contributed by atoms with Crippen molar-refractivity contribution in [2.24, 2.45) is 0 Å². The van der Waals surface area contributed by atoms with Gasteiger partial charge in [-0.15, -0.1) is 0 Å². The van der Waals surface area contributed by atoms with Crippen LogP contribution in [0.25, 0.3) is 0 Å². The van der Waals surface area contributed by atoms with Gasteiger partial charge in [0.2, 0.25) is 0 Å². The first kappa shape index (κ1) is 17.7. The summed E-state index contributed by atoms with van der Waals surface area (Å²) in [4.78, 5) is 36.1. The number of aromatic carboxylic acids is 1. The van der Waals surface area contributed by atoms with Crippen molar-refractivity contribution < 1.29 is 24.6 Å². The van der Waals surface area contributed by atoms with Gasteiger partial charge in [-0.3, -0.25) is 14.3 Å². The van der Waals surface area contributed by atoms with E-state index in [1.54, 1.807) is 17.2 Å². The minimum absolute atomic E-state index is 0.0565. The average Bonchev–Trinajstić information content (AvgIpc) is 3.09. The molecule has 8 nitrogen and oxygen atoms in total. The number of likely N-dealkylation sites (tertiary alicyclic amines) is 1. The second-order valence-electron chi connectivity index (χ2n) is 6.30. The van der Waals surface area contributed by atoms with Crippen molar-refractivity contribution in [3.8, 4) is 0 Å². The third-order valence-electron chi connectivity index (χ3n) is 4.46. The van der Waals surface area contributed by atoms with E-state index in [1.807, 2.05) is 0 Å². The van der Waals surface area contributed by atoms with Gasteiger partial charge in [0.25, 0.3) is 5.91 Å². The highest BCUT2D eigenvalue weighted by Gasteiger charge is 2.27. The summed E-state index contributed by atoms with van der Waals surface area (Å²) in [5.41, 5.74) is 1.37. The molecule has 1 amide bonds. The molecule has 0 aliphatic carbocycles.